The van der Waals surface area contributed by atoms with E-state index in [1.165, 1.54) is 41.7 Å². The fraction of sp³-hybridized carbons (Fsp3) is 0. The highest BCUT2D eigenvalue weighted by Crippen LogP contribution is 2.47. The first kappa shape index (κ1) is 26.5. The summed E-state index contributed by atoms with van der Waals surface area (Å²) in [5.74, 6) is 2.23. The van der Waals surface area contributed by atoms with Gasteiger partial charge in [0.05, 0.1) is 38.7 Å². The summed E-state index contributed by atoms with van der Waals surface area (Å²) in [5.41, 5.74) is 8.34. The number of benzene rings is 7. The Kier molecular flexibility index (Phi) is 5.06. The third kappa shape index (κ3) is 3.40. The molecule has 0 radical (unpaired) electrons. The van der Waals surface area contributed by atoms with Crippen LogP contribution in [-0.4, -0.2) is 19.1 Å². The Morgan fingerprint density at radius 1 is 0.480 bits per heavy atom. The quantitative estimate of drug-likeness (QED) is 0.186. The Bertz CT molecular complexity index is 3260. The minimum Gasteiger partial charge on any atom is -0.456 e. The molecule has 0 spiro atoms. The molecule has 0 unspecified atom stereocenters. The van der Waals surface area contributed by atoms with Gasteiger partial charge >= 0.3 is 0 Å². The summed E-state index contributed by atoms with van der Waals surface area (Å²) in [6.45, 7) is 0. The van der Waals surface area contributed by atoms with Crippen molar-refractivity contribution < 1.29 is 4.74 Å². The van der Waals surface area contributed by atoms with Crippen molar-refractivity contribution in [2.45, 2.75) is 0 Å². The molecule has 0 fully saturated rings. The Balaban J connectivity index is 1.22. The van der Waals surface area contributed by atoms with Gasteiger partial charge in [-0.3, -0.25) is 4.57 Å². The maximum atomic E-state index is 6.33. The molecule has 0 amide bonds. The van der Waals surface area contributed by atoms with E-state index in [9.17, 15) is 0 Å². The third-order valence-corrected chi connectivity index (χ3v) is 11.5. The Hall–Kier alpha value is -6.50. The van der Waals surface area contributed by atoms with Gasteiger partial charge in [0.2, 0.25) is 5.95 Å². The molecule has 0 saturated heterocycles. The molecule has 5 nitrogen and oxygen atoms in total. The van der Waals surface area contributed by atoms with E-state index in [4.69, 9.17) is 14.7 Å². The molecule has 11 aromatic rings. The van der Waals surface area contributed by atoms with E-state index in [0.29, 0.717) is 5.95 Å². The average Bonchev–Trinajstić information content (AvgIpc) is 3.82. The first-order chi connectivity index (χ1) is 24.8. The lowest BCUT2D eigenvalue weighted by atomic mass is 10.0. The Labute approximate surface area is 288 Å². The number of thiophene rings is 1. The highest BCUT2D eigenvalue weighted by molar-refractivity contribution is 7.25. The van der Waals surface area contributed by atoms with E-state index in [0.717, 1.165) is 61.4 Å². The molecule has 1 aliphatic heterocycles. The molecule has 0 N–H and O–H groups in total. The van der Waals surface area contributed by atoms with Gasteiger partial charge < -0.3 is 9.30 Å². The maximum Gasteiger partial charge on any atom is 0.235 e. The average molecular weight is 657 g/mol. The molecule has 4 aromatic heterocycles. The number of rotatable bonds is 2. The van der Waals surface area contributed by atoms with Crippen molar-refractivity contribution in [1.29, 1.82) is 0 Å². The van der Waals surface area contributed by atoms with Crippen molar-refractivity contribution in [1.82, 2.24) is 19.1 Å². The van der Waals surface area contributed by atoms with Gasteiger partial charge in [0.25, 0.3) is 0 Å². The van der Waals surface area contributed by atoms with Crippen LogP contribution in [0.3, 0.4) is 0 Å². The smallest absolute Gasteiger partial charge is 0.235 e. The minimum absolute atomic E-state index is 0.642. The van der Waals surface area contributed by atoms with Crippen molar-refractivity contribution in [3.8, 4) is 34.4 Å². The minimum atomic E-state index is 0.642. The van der Waals surface area contributed by atoms with Crippen LogP contribution in [0.4, 0.5) is 0 Å². The lowest BCUT2D eigenvalue weighted by Gasteiger charge is -2.21. The van der Waals surface area contributed by atoms with E-state index in [1.807, 2.05) is 41.7 Å². The topological polar surface area (TPSA) is 44.9 Å². The summed E-state index contributed by atoms with van der Waals surface area (Å²) < 4.78 is 13.6. The molecular weight excluding hydrogens is 633 g/mol. The fourth-order valence-corrected chi connectivity index (χ4v) is 9.38. The SMILES string of the molecule is c1ccc2c(c1)Oc1cccc3nc(-n4c5ccccc5c5ccc6c(c7ccccc7n6-c6ccc7c(c6)sc6ccccc67)c54)nc-2c13. The highest BCUT2D eigenvalue weighted by Gasteiger charge is 2.26. The van der Waals surface area contributed by atoms with Crippen molar-refractivity contribution >= 4 is 86.0 Å². The van der Waals surface area contributed by atoms with Crippen LogP contribution in [0.2, 0.25) is 0 Å². The number of ether oxygens (including phenoxy) is 1. The summed E-state index contributed by atoms with van der Waals surface area (Å²) in [7, 11) is 0. The van der Waals surface area contributed by atoms with Crippen LogP contribution in [0, 0.1) is 0 Å². The first-order valence-corrected chi connectivity index (χ1v) is 17.6. The maximum absolute atomic E-state index is 6.33. The summed E-state index contributed by atoms with van der Waals surface area (Å²) in [5, 5.41) is 8.26. The number of hydrogen-bond acceptors (Lipinski definition) is 4. The van der Waals surface area contributed by atoms with Gasteiger partial charge in [-0.1, -0.05) is 84.9 Å². The lowest BCUT2D eigenvalue weighted by Crippen LogP contribution is -2.06. The number of para-hydroxylation sites is 3. The van der Waals surface area contributed by atoms with Gasteiger partial charge in [-0.05, 0) is 60.7 Å². The zero-order chi connectivity index (χ0) is 32.5. The van der Waals surface area contributed by atoms with Crippen LogP contribution in [0.15, 0.2) is 146 Å². The molecule has 232 valence electrons. The molecule has 0 saturated carbocycles. The van der Waals surface area contributed by atoms with Gasteiger partial charge in [-0.15, -0.1) is 11.3 Å². The van der Waals surface area contributed by atoms with Crippen molar-refractivity contribution in [2.75, 3.05) is 0 Å². The number of fused-ring (bicyclic) bond motifs is 12. The van der Waals surface area contributed by atoms with Gasteiger partial charge in [-0.25, -0.2) is 9.97 Å². The van der Waals surface area contributed by atoms with Crippen LogP contribution in [0.25, 0.3) is 97.6 Å². The second-order valence-electron chi connectivity index (χ2n) is 13.0. The van der Waals surface area contributed by atoms with Crippen LogP contribution in [0.1, 0.15) is 0 Å². The zero-order valence-electron chi connectivity index (χ0n) is 26.5. The largest absolute Gasteiger partial charge is 0.456 e. The Morgan fingerprint density at radius 2 is 1.20 bits per heavy atom. The lowest BCUT2D eigenvalue weighted by molar-refractivity contribution is 0.486. The summed E-state index contributed by atoms with van der Waals surface area (Å²) in [6.07, 6.45) is 0. The van der Waals surface area contributed by atoms with E-state index in [-0.39, 0.29) is 0 Å². The third-order valence-electron chi connectivity index (χ3n) is 10.3. The predicted molar refractivity (Wildman–Crippen MR) is 207 cm³/mol. The molecule has 12 rings (SSSR count). The molecule has 5 heterocycles. The normalized spacial score (nSPS) is 12.6. The highest BCUT2D eigenvalue weighted by atomic mass is 32.1. The van der Waals surface area contributed by atoms with Crippen LogP contribution < -0.4 is 4.74 Å². The molecular formula is C44H24N4OS. The first-order valence-electron chi connectivity index (χ1n) is 16.8. The summed E-state index contributed by atoms with van der Waals surface area (Å²) >= 11 is 1.85. The van der Waals surface area contributed by atoms with E-state index < -0.39 is 0 Å². The molecule has 0 bridgehead atoms. The molecule has 1 aliphatic rings. The van der Waals surface area contributed by atoms with Gasteiger partial charge in [-0.2, -0.15) is 0 Å². The van der Waals surface area contributed by atoms with Crippen molar-refractivity contribution in [2.24, 2.45) is 0 Å². The molecule has 6 heteroatoms. The number of nitrogens with zero attached hydrogens (tertiary/aromatic N) is 4. The van der Waals surface area contributed by atoms with Crippen molar-refractivity contribution in [3.63, 3.8) is 0 Å². The van der Waals surface area contributed by atoms with Crippen LogP contribution in [-0.2, 0) is 0 Å². The van der Waals surface area contributed by atoms with E-state index in [2.05, 4.69) is 124 Å². The number of hydrogen-bond donors (Lipinski definition) is 0. The summed E-state index contributed by atoms with van der Waals surface area (Å²) in [6, 6.07) is 51.7. The van der Waals surface area contributed by atoms with Crippen LogP contribution in [0.5, 0.6) is 11.5 Å². The monoisotopic (exact) mass is 656 g/mol. The van der Waals surface area contributed by atoms with Crippen molar-refractivity contribution in [3.05, 3.63) is 146 Å². The molecule has 50 heavy (non-hydrogen) atoms. The molecule has 0 atom stereocenters. The standard InChI is InChI=1S/C44H24N4OS/c1-5-15-33-26(10-1)29-22-23-35-40(30-12-2-6-16-34(30)47(35)25-20-21-28-27-11-4-8-19-38(27)50-39(28)24-25)43(29)48(33)44-45-32-14-9-18-37-41(32)42(46-44)31-13-3-7-17-36(31)49-37/h1-24H. The molecule has 0 aliphatic carbocycles. The van der Waals surface area contributed by atoms with Gasteiger partial charge in [0.15, 0.2) is 0 Å². The Morgan fingerprint density at radius 3 is 2.12 bits per heavy atom. The predicted octanol–water partition coefficient (Wildman–Crippen LogP) is 12.0. The van der Waals surface area contributed by atoms with E-state index >= 15 is 0 Å². The zero-order valence-corrected chi connectivity index (χ0v) is 27.3. The number of aromatic nitrogens is 4. The second-order valence-corrected chi connectivity index (χ2v) is 14.0. The van der Waals surface area contributed by atoms with E-state index in [1.54, 1.807) is 0 Å². The second kappa shape index (κ2) is 9.56. The summed E-state index contributed by atoms with van der Waals surface area (Å²) in [4.78, 5) is 10.7. The van der Waals surface area contributed by atoms with Gasteiger partial charge in [0, 0.05) is 53.0 Å². The molecule has 7 aromatic carbocycles. The van der Waals surface area contributed by atoms with Crippen LogP contribution >= 0.6 is 11.3 Å². The van der Waals surface area contributed by atoms with Gasteiger partial charge in [0.1, 0.15) is 11.5 Å². The fourth-order valence-electron chi connectivity index (χ4n) is 8.24.